The molecule has 4 nitrogen and oxygen atoms in total. The molecule has 0 bridgehead atoms. The summed E-state index contributed by atoms with van der Waals surface area (Å²) in [7, 11) is 0. The Morgan fingerprint density at radius 2 is 2.00 bits per heavy atom. The first-order chi connectivity index (χ1) is 8.22. The number of likely N-dealkylation sites (N-methyl/N-ethyl adjacent to an activating group) is 1. The molecule has 2 unspecified atom stereocenters. The lowest BCUT2D eigenvalue weighted by Gasteiger charge is -2.26. The summed E-state index contributed by atoms with van der Waals surface area (Å²) in [5, 5.41) is 8.19. The van der Waals surface area contributed by atoms with Gasteiger partial charge in [-0.05, 0) is 33.2 Å². The van der Waals surface area contributed by atoms with Crippen LogP contribution in [-0.2, 0) is 0 Å². The fourth-order valence-corrected chi connectivity index (χ4v) is 2.93. The van der Waals surface area contributed by atoms with Gasteiger partial charge in [-0.3, -0.25) is 0 Å². The largest absolute Gasteiger partial charge is 0.312 e. The summed E-state index contributed by atoms with van der Waals surface area (Å²) in [4.78, 5) is 4.44. The van der Waals surface area contributed by atoms with E-state index in [9.17, 15) is 0 Å². The van der Waals surface area contributed by atoms with Crippen LogP contribution in [0.3, 0.4) is 0 Å². The van der Waals surface area contributed by atoms with Crippen molar-refractivity contribution in [2.45, 2.75) is 65.0 Å². The third-order valence-electron chi connectivity index (χ3n) is 3.67. The van der Waals surface area contributed by atoms with Gasteiger partial charge in [0.25, 0.3) is 0 Å². The van der Waals surface area contributed by atoms with Gasteiger partial charge in [-0.25, -0.2) is 9.67 Å². The van der Waals surface area contributed by atoms with Crippen LogP contribution in [0.2, 0.25) is 0 Å². The molecule has 1 aliphatic carbocycles. The Morgan fingerprint density at radius 1 is 1.24 bits per heavy atom. The van der Waals surface area contributed by atoms with Gasteiger partial charge in [0, 0.05) is 6.04 Å². The molecule has 1 aliphatic rings. The quantitative estimate of drug-likeness (QED) is 0.819. The highest BCUT2D eigenvalue weighted by Gasteiger charge is 2.26. The molecule has 0 saturated heterocycles. The Morgan fingerprint density at radius 3 is 2.65 bits per heavy atom. The minimum Gasteiger partial charge on any atom is -0.312 e. The molecule has 0 aliphatic heterocycles. The van der Waals surface area contributed by atoms with Crippen molar-refractivity contribution in [3.63, 3.8) is 0 Å². The zero-order valence-electron chi connectivity index (χ0n) is 11.2. The van der Waals surface area contributed by atoms with Gasteiger partial charge in [0.2, 0.25) is 0 Å². The van der Waals surface area contributed by atoms with Crippen molar-refractivity contribution in [1.82, 2.24) is 20.1 Å². The summed E-state index contributed by atoms with van der Waals surface area (Å²) >= 11 is 0. The standard InChI is InChI=1S/C13H24N4/c1-4-14-12-8-6-5-7-9-13(12)17-11(3)15-10(2)16-17/h12-14H,4-9H2,1-3H3. The number of aryl methyl sites for hydroxylation is 2. The molecule has 1 aromatic heterocycles. The molecule has 1 N–H and O–H groups in total. The fourth-order valence-electron chi connectivity index (χ4n) is 2.93. The second kappa shape index (κ2) is 5.63. The van der Waals surface area contributed by atoms with E-state index < -0.39 is 0 Å². The maximum atomic E-state index is 4.57. The molecular formula is C13H24N4. The first kappa shape index (κ1) is 12.6. The molecule has 0 radical (unpaired) electrons. The van der Waals surface area contributed by atoms with Crippen LogP contribution in [0.5, 0.6) is 0 Å². The van der Waals surface area contributed by atoms with Crippen LogP contribution in [0, 0.1) is 13.8 Å². The molecule has 1 heterocycles. The smallest absolute Gasteiger partial charge is 0.147 e. The molecule has 2 rings (SSSR count). The highest BCUT2D eigenvalue weighted by atomic mass is 15.4. The first-order valence-corrected chi connectivity index (χ1v) is 6.85. The van der Waals surface area contributed by atoms with Crippen molar-refractivity contribution < 1.29 is 0 Å². The van der Waals surface area contributed by atoms with E-state index in [2.05, 4.69) is 33.9 Å². The van der Waals surface area contributed by atoms with Gasteiger partial charge in [-0.15, -0.1) is 0 Å². The zero-order chi connectivity index (χ0) is 12.3. The van der Waals surface area contributed by atoms with Gasteiger partial charge >= 0.3 is 0 Å². The van der Waals surface area contributed by atoms with Crippen LogP contribution < -0.4 is 5.32 Å². The Bertz CT molecular complexity index is 358. The molecule has 0 aromatic carbocycles. The SMILES string of the molecule is CCNC1CCCCCC1n1nc(C)nc1C. The summed E-state index contributed by atoms with van der Waals surface area (Å²) in [5.74, 6) is 1.94. The number of aromatic nitrogens is 3. The van der Waals surface area contributed by atoms with E-state index in [1.165, 1.54) is 32.1 Å². The van der Waals surface area contributed by atoms with E-state index in [1.807, 2.05) is 6.92 Å². The topological polar surface area (TPSA) is 42.7 Å². The van der Waals surface area contributed by atoms with Gasteiger partial charge < -0.3 is 5.32 Å². The van der Waals surface area contributed by atoms with E-state index in [0.717, 1.165) is 18.2 Å². The fraction of sp³-hybridized carbons (Fsp3) is 0.846. The third kappa shape index (κ3) is 2.86. The summed E-state index contributed by atoms with van der Waals surface area (Å²) in [6, 6.07) is 1.04. The summed E-state index contributed by atoms with van der Waals surface area (Å²) in [6.45, 7) is 7.26. The Labute approximate surface area is 104 Å². The van der Waals surface area contributed by atoms with Gasteiger partial charge in [0.1, 0.15) is 11.6 Å². The molecule has 96 valence electrons. The van der Waals surface area contributed by atoms with Crippen LogP contribution in [0.25, 0.3) is 0 Å². The number of hydrogen-bond donors (Lipinski definition) is 1. The van der Waals surface area contributed by atoms with Crippen molar-refractivity contribution in [2.24, 2.45) is 0 Å². The lowest BCUT2D eigenvalue weighted by Crippen LogP contribution is -2.37. The summed E-state index contributed by atoms with van der Waals surface area (Å²) in [6.07, 6.45) is 6.48. The number of nitrogens with zero attached hydrogens (tertiary/aromatic N) is 3. The average molecular weight is 236 g/mol. The van der Waals surface area contributed by atoms with E-state index >= 15 is 0 Å². The van der Waals surface area contributed by atoms with Crippen molar-refractivity contribution in [1.29, 1.82) is 0 Å². The predicted molar refractivity (Wildman–Crippen MR) is 69.1 cm³/mol. The van der Waals surface area contributed by atoms with Crippen molar-refractivity contribution in [2.75, 3.05) is 6.54 Å². The van der Waals surface area contributed by atoms with Crippen LogP contribution in [0.4, 0.5) is 0 Å². The molecule has 1 aromatic rings. The number of rotatable bonds is 3. The maximum Gasteiger partial charge on any atom is 0.147 e. The van der Waals surface area contributed by atoms with Crippen molar-refractivity contribution >= 4 is 0 Å². The normalized spacial score (nSPS) is 25.8. The van der Waals surface area contributed by atoms with E-state index in [1.54, 1.807) is 0 Å². The van der Waals surface area contributed by atoms with Gasteiger partial charge in [0.05, 0.1) is 6.04 Å². The Hall–Kier alpha value is -0.900. The molecule has 1 fully saturated rings. The van der Waals surface area contributed by atoms with Crippen molar-refractivity contribution in [3.8, 4) is 0 Å². The average Bonchev–Trinajstić information content (AvgIpc) is 2.52. The van der Waals surface area contributed by atoms with Gasteiger partial charge in [-0.1, -0.05) is 26.2 Å². The lowest BCUT2D eigenvalue weighted by molar-refractivity contribution is 0.307. The second-order valence-corrected chi connectivity index (χ2v) is 5.02. The molecule has 1 saturated carbocycles. The Balaban J connectivity index is 2.22. The monoisotopic (exact) mass is 236 g/mol. The van der Waals surface area contributed by atoms with E-state index in [4.69, 9.17) is 0 Å². The van der Waals surface area contributed by atoms with Crippen molar-refractivity contribution in [3.05, 3.63) is 11.6 Å². The summed E-state index contributed by atoms with van der Waals surface area (Å²) < 4.78 is 2.15. The molecule has 4 heteroatoms. The number of hydrogen-bond acceptors (Lipinski definition) is 3. The van der Waals surface area contributed by atoms with Crippen LogP contribution in [-0.4, -0.2) is 27.4 Å². The van der Waals surface area contributed by atoms with Gasteiger partial charge in [0.15, 0.2) is 0 Å². The lowest BCUT2D eigenvalue weighted by atomic mass is 10.0. The Kier molecular flexibility index (Phi) is 4.15. The van der Waals surface area contributed by atoms with E-state index in [0.29, 0.717) is 12.1 Å². The molecule has 0 amide bonds. The highest BCUT2D eigenvalue weighted by molar-refractivity contribution is 4.94. The predicted octanol–water partition coefficient (Wildman–Crippen LogP) is 2.38. The van der Waals surface area contributed by atoms with Crippen LogP contribution >= 0.6 is 0 Å². The molecule has 17 heavy (non-hydrogen) atoms. The first-order valence-electron chi connectivity index (χ1n) is 6.85. The van der Waals surface area contributed by atoms with Crippen LogP contribution in [0.15, 0.2) is 0 Å². The molecule has 2 atom stereocenters. The molecule has 0 spiro atoms. The minimum atomic E-state index is 0.485. The zero-order valence-corrected chi connectivity index (χ0v) is 11.2. The highest BCUT2D eigenvalue weighted by Crippen LogP contribution is 2.27. The third-order valence-corrected chi connectivity index (χ3v) is 3.67. The maximum absolute atomic E-state index is 4.57. The second-order valence-electron chi connectivity index (χ2n) is 5.02. The van der Waals surface area contributed by atoms with E-state index in [-0.39, 0.29) is 0 Å². The molecular weight excluding hydrogens is 212 g/mol. The summed E-state index contributed by atoms with van der Waals surface area (Å²) in [5.41, 5.74) is 0. The minimum absolute atomic E-state index is 0.485. The van der Waals surface area contributed by atoms with Crippen LogP contribution in [0.1, 0.15) is 56.7 Å². The number of nitrogens with one attached hydrogen (secondary N) is 1. The van der Waals surface area contributed by atoms with Gasteiger partial charge in [-0.2, -0.15) is 5.10 Å².